The van der Waals surface area contributed by atoms with E-state index < -0.39 is 21.9 Å². The van der Waals surface area contributed by atoms with Crippen molar-refractivity contribution in [3.63, 3.8) is 0 Å². The van der Waals surface area contributed by atoms with E-state index in [9.17, 15) is 22.4 Å². The highest BCUT2D eigenvalue weighted by atomic mass is 32.2. The molecule has 1 atom stereocenters. The monoisotopic (exact) mass is 567 g/mol. The first-order chi connectivity index (χ1) is 19.1. The van der Waals surface area contributed by atoms with Crippen molar-refractivity contribution in [2.75, 3.05) is 23.7 Å². The summed E-state index contributed by atoms with van der Waals surface area (Å²) in [6.07, 6.45) is 2.44. The largest absolute Gasteiger partial charge is 0.355 e. The molecule has 0 aliphatic heterocycles. The molecule has 3 aromatic carbocycles. The Labute approximate surface area is 237 Å². The number of sulfonamides is 1. The molecule has 0 aliphatic carbocycles. The van der Waals surface area contributed by atoms with Crippen molar-refractivity contribution in [2.24, 2.45) is 0 Å². The number of rotatable bonds is 14. The maximum absolute atomic E-state index is 14.7. The summed E-state index contributed by atoms with van der Waals surface area (Å²) in [5, 5.41) is 2.81. The molecule has 0 fully saturated rings. The van der Waals surface area contributed by atoms with Gasteiger partial charge in [0.15, 0.2) is 0 Å². The Morgan fingerprint density at radius 2 is 1.55 bits per heavy atom. The second-order valence-electron chi connectivity index (χ2n) is 9.67. The van der Waals surface area contributed by atoms with Crippen molar-refractivity contribution in [1.82, 2.24) is 10.2 Å². The topological polar surface area (TPSA) is 86.8 Å². The lowest BCUT2D eigenvalue weighted by atomic mass is 10.0. The number of anilines is 1. The fourth-order valence-electron chi connectivity index (χ4n) is 4.56. The van der Waals surface area contributed by atoms with Gasteiger partial charge in [-0.15, -0.1) is 0 Å². The lowest BCUT2D eigenvalue weighted by Gasteiger charge is -2.32. The zero-order valence-electron chi connectivity index (χ0n) is 23.3. The SMILES string of the molecule is CCNC(=O)[C@H](Cc1ccccc1)N(Cc1ccccc1F)C(=O)CCCN(c1ccc(CC)cc1)S(C)(=O)=O. The molecule has 214 valence electrons. The summed E-state index contributed by atoms with van der Waals surface area (Å²) in [7, 11) is -3.59. The average molecular weight is 568 g/mol. The summed E-state index contributed by atoms with van der Waals surface area (Å²) in [6, 6.07) is 22.0. The van der Waals surface area contributed by atoms with Crippen molar-refractivity contribution in [2.45, 2.75) is 52.1 Å². The van der Waals surface area contributed by atoms with E-state index in [1.54, 1.807) is 37.3 Å². The summed E-state index contributed by atoms with van der Waals surface area (Å²) in [5.41, 5.74) is 2.78. The minimum atomic E-state index is -3.59. The van der Waals surface area contributed by atoms with E-state index in [2.05, 4.69) is 5.32 Å². The van der Waals surface area contributed by atoms with Crippen LogP contribution in [-0.4, -0.2) is 50.5 Å². The summed E-state index contributed by atoms with van der Waals surface area (Å²) in [5.74, 6) is -1.15. The molecule has 9 heteroatoms. The first kappa shape index (κ1) is 30.8. The second-order valence-corrected chi connectivity index (χ2v) is 11.6. The van der Waals surface area contributed by atoms with Gasteiger partial charge in [-0.3, -0.25) is 13.9 Å². The summed E-state index contributed by atoms with van der Waals surface area (Å²) >= 11 is 0. The molecule has 0 spiro atoms. The van der Waals surface area contributed by atoms with Gasteiger partial charge in [0, 0.05) is 38.0 Å². The number of hydrogen-bond acceptors (Lipinski definition) is 4. The van der Waals surface area contributed by atoms with Crippen LogP contribution in [0.4, 0.5) is 10.1 Å². The molecule has 0 heterocycles. The van der Waals surface area contributed by atoms with E-state index in [4.69, 9.17) is 0 Å². The van der Waals surface area contributed by atoms with Gasteiger partial charge in [-0.2, -0.15) is 0 Å². The van der Waals surface area contributed by atoms with Crippen molar-refractivity contribution in [1.29, 1.82) is 0 Å². The number of nitrogens with zero attached hydrogens (tertiary/aromatic N) is 2. The fourth-order valence-corrected chi connectivity index (χ4v) is 5.52. The van der Waals surface area contributed by atoms with Gasteiger partial charge in [0.2, 0.25) is 21.8 Å². The number of aryl methyl sites for hydroxylation is 1. The lowest BCUT2D eigenvalue weighted by molar-refractivity contribution is -0.141. The Balaban J connectivity index is 1.86. The average Bonchev–Trinajstić information content (AvgIpc) is 2.94. The molecule has 2 amide bonds. The molecule has 0 aliphatic rings. The van der Waals surface area contributed by atoms with Crippen molar-refractivity contribution in [3.05, 3.63) is 101 Å². The van der Waals surface area contributed by atoms with E-state index in [1.807, 2.05) is 49.4 Å². The van der Waals surface area contributed by atoms with E-state index in [-0.39, 0.29) is 44.2 Å². The van der Waals surface area contributed by atoms with Gasteiger partial charge in [-0.1, -0.05) is 67.6 Å². The minimum Gasteiger partial charge on any atom is -0.355 e. The molecule has 3 aromatic rings. The third-order valence-corrected chi connectivity index (χ3v) is 7.90. The van der Waals surface area contributed by atoms with E-state index in [0.29, 0.717) is 17.8 Å². The highest BCUT2D eigenvalue weighted by molar-refractivity contribution is 7.92. The maximum atomic E-state index is 14.7. The van der Waals surface area contributed by atoms with Crippen LogP contribution in [0.3, 0.4) is 0 Å². The molecule has 7 nitrogen and oxygen atoms in total. The van der Waals surface area contributed by atoms with Crippen LogP contribution in [0.5, 0.6) is 0 Å². The number of carbonyl (C=O) groups is 2. The number of carbonyl (C=O) groups excluding carboxylic acids is 2. The van der Waals surface area contributed by atoms with Crippen LogP contribution >= 0.6 is 0 Å². The van der Waals surface area contributed by atoms with Gasteiger partial charge in [-0.05, 0) is 49.1 Å². The number of amides is 2. The second kappa shape index (κ2) is 14.6. The Morgan fingerprint density at radius 1 is 0.900 bits per heavy atom. The molecule has 1 N–H and O–H groups in total. The van der Waals surface area contributed by atoms with Crippen LogP contribution in [0.25, 0.3) is 0 Å². The number of halogens is 1. The van der Waals surface area contributed by atoms with Gasteiger partial charge in [0.05, 0.1) is 11.9 Å². The Bertz CT molecular complexity index is 1360. The van der Waals surface area contributed by atoms with E-state index >= 15 is 0 Å². The maximum Gasteiger partial charge on any atom is 0.243 e. The van der Waals surface area contributed by atoms with Crippen LogP contribution in [0.15, 0.2) is 78.9 Å². The van der Waals surface area contributed by atoms with Crippen LogP contribution in [0.1, 0.15) is 43.4 Å². The molecule has 0 saturated heterocycles. The quantitative estimate of drug-likeness (QED) is 0.306. The predicted octanol–water partition coefficient (Wildman–Crippen LogP) is 4.71. The third kappa shape index (κ3) is 8.64. The van der Waals surface area contributed by atoms with Gasteiger partial charge in [0.25, 0.3) is 0 Å². The minimum absolute atomic E-state index is 0.0157. The first-order valence-electron chi connectivity index (χ1n) is 13.5. The normalized spacial score (nSPS) is 12.0. The number of benzene rings is 3. The predicted molar refractivity (Wildman–Crippen MR) is 157 cm³/mol. The van der Waals surface area contributed by atoms with Crippen molar-refractivity contribution < 1.29 is 22.4 Å². The van der Waals surface area contributed by atoms with Crippen LogP contribution < -0.4 is 9.62 Å². The zero-order valence-corrected chi connectivity index (χ0v) is 24.2. The van der Waals surface area contributed by atoms with Crippen molar-refractivity contribution >= 4 is 27.5 Å². The van der Waals surface area contributed by atoms with Crippen LogP contribution in [0, 0.1) is 5.82 Å². The highest BCUT2D eigenvalue weighted by Gasteiger charge is 2.30. The van der Waals surface area contributed by atoms with Crippen LogP contribution in [-0.2, 0) is 39.0 Å². The molecule has 0 radical (unpaired) electrons. The third-order valence-electron chi connectivity index (χ3n) is 6.71. The Morgan fingerprint density at radius 3 is 2.15 bits per heavy atom. The van der Waals surface area contributed by atoms with Gasteiger partial charge >= 0.3 is 0 Å². The molecular weight excluding hydrogens is 529 g/mol. The molecule has 0 unspecified atom stereocenters. The molecule has 40 heavy (non-hydrogen) atoms. The lowest BCUT2D eigenvalue weighted by Crippen LogP contribution is -2.50. The molecule has 3 rings (SSSR count). The van der Waals surface area contributed by atoms with Gasteiger partial charge in [0.1, 0.15) is 11.9 Å². The highest BCUT2D eigenvalue weighted by Crippen LogP contribution is 2.21. The zero-order chi connectivity index (χ0) is 29.1. The fraction of sp³-hybridized carbons (Fsp3) is 0.355. The smallest absolute Gasteiger partial charge is 0.243 e. The number of nitrogens with one attached hydrogen (secondary N) is 1. The van der Waals surface area contributed by atoms with Crippen molar-refractivity contribution in [3.8, 4) is 0 Å². The number of hydrogen-bond donors (Lipinski definition) is 1. The van der Waals surface area contributed by atoms with E-state index in [0.717, 1.165) is 23.8 Å². The molecule has 0 bridgehead atoms. The molecular formula is C31H38FN3O4S. The Kier molecular flexibility index (Phi) is 11.3. The standard InChI is InChI=1S/C31H38FN3O4S/c1-4-24-17-19-27(20-18-24)35(40(3,38)39)21-11-16-30(36)34(23-26-14-9-10-15-28(26)32)29(31(37)33-5-2)22-25-12-7-6-8-13-25/h6-10,12-15,17-20,29H,4-5,11,16,21-23H2,1-3H3,(H,33,37)/t29-/m0/s1. The van der Waals surface area contributed by atoms with Crippen LogP contribution in [0.2, 0.25) is 0 Å². The molecule has 0 saturated carbocycles. The summed E-state index contributed by atoms with van der Waals surface area (Å²) < 4.78 is 41.1. The van der Waals surface area contributed by atoms with Gasteiger partial charge < -0.3 is 10.2 Å². The van der Waals surface area contributed by atoms with E-state index in [1.165, 1.54) is 15.3 Å². The summed E-state index contributed by atoms with van der Waals surface area (Å²) in [6.45, 7) is 4.20. The first-order valence-corrected chi connectivity index (χ1v) is 15.4. The number of likely N-dealkylation sites (N-methyl/N-ethyl adjacent to an activating group) is 1. The van der Waals surface area contributed by atoms with Gasteiger partial charge in [-0.25, -0.2) is 12.8 Å². The molecule has 0 aromatic heterocycles. The summed E-state index contributed by atoms with van der Waals surface area (Å²) in [4.78, 5) is 28.4. The Hall–Kier alpha value is -3.72.